The van der Waals surface area contributed by atoms with Gasteiger partial charge in [0.1, 0.15) is 15.9 Å². The van der Waals surface area contributed by atoms with Crippen LogP contribution in [0.2, 0.25) is 5.15 Å². The molecule has 0 amide bonds. The van der Waals surface area contributed by atoms with Crippen LogP contribution in [0.1, 0.15) is 32.6 Å². The molecule has 3 atom stereocenters. The standard InChI is InChI=1S/C19H22BrClFN5S/c1-3-5-6-12-11-8-7-10(23-11)9-27(12)18-13-15(24-19(26-18)28-4-2)14(22)17(21)25-16(13)20/h3,10-12,23H,1,4-9H2,2H3/t10-,11+,12-/m1/s1. The van der Waals surface area contributed by atoms with Crippen LogP contribution in [0.3, 0.4) is 0 Å². The van der Waals surface area contributed by atoms with Crippen molar-refractivity contribution in [2.75, 3.05) is 17.2 Å². The zero-order valence-electron chi connectivity index (χ0n) is 15.6. The molecule has 0 saturated carbocycles. The fourth-order valence-corrected chi connectivity index (χ4v) is 5.63. The molecule has 28 heavy (non-hydrogen) atoms. The first-order chi connectivity index (χ1) is 13.5. The second-order valence-corrected chi connectivity index (χ2v) is 9.47. The highest BCUT2D eigenvalue weighted by atomic mass is 79.9. The zero-order chi connectivity index (χ0) is 19.8. The maximum Gasteiger partial charge on any atom is 0.190 e. The van der Waals surface area contributed by atoms with Gasteiger partial charge in [-0.25, -0.2) is 19.3 Å². The lowest BCUT2D eigenvalue weighted by Crippen LogP contribution is -2.58. The van der Waals surface area contributed by atoms with E-state index < -0.39 is 5.82 Å². The molecule has 4 heterocycles. The first-order valence-electron chi connectivity index (χ1n) is 9.52. The molecule has 0 aliphatic carbocycles. The Morgan fingerprint density at radius 3 is 2.96 bits per heavy atom. The van der Waals surface area contributed by atoms with E-state index in [1.807, 2.05) is 13.0 Å². The lowest BCUT2D eigenvalue weighted by Gasteiger charge is -2.42. The summed E-state index contributed by atoms with van der Waals surface area (Å²) in [7, 11) is 0. The SMILES string of the molecule is C=CCC[C@@H]1[C@@H]2CC[C@H](CN1c1nc(SCC)nc3c(F)c(Cl)nc(Br)c13)N2. The van der Waals surface area contributed by atoms with Gasteiger partial charge in [0.05, 0.1) is 5.39 Å². The van der Waals surface area contributed by atoms with Crippen molar-refractivity contribution in [1.82, 2.24) is 20.3 Å². The molecular weight excluding hydrogens is 465 g/mol. The van der Waals surface area contributed by atoms with Gasteiger partial charge in [0.25, 0.3) is 0 Å². The molecule has 2 bridgehead atoms. The first kappa shape index (κ1) is 20.3. The summed E-state index contributed by atoms with van der Waals surface area (Å²) >= 11 is 11.0. The molecule has 0 aromatic carbocycles. The minimum atomic E-state index is -0.595. The van der Waals surface area contributed by atoms with E-state index in [1.165, 1.54) is 11.8 Å². The average Bonchev–Trinajstić information content (AvgIpc) is 3.07. The van der Waals surface area contributed by atoms with Gasteiger partial charge in [-0.15, -0.1) is 6.58 Å². The summed E-state index contributed by atoms with van der Waals surface area (Å²) in [4.78, 5) is 15.8. The smallest absolute Gasteiger partial charge is 0.190 e. The molecule has 0 spiro atoms. The van der Waals surface area contributed by atoms with Crippen LogP contribution in [-0.4, -0.2) is 45.4 Å². The van der Waals surface area contributed by atoms with Crippen LogP contribution in [0.5, 0.6) is 0 Å². The van der Waals surface area contributed by atoms with Crippen molar-refractivity contribution in [2.24, 2.45) is 0 Å². The van der Waals surface area contributed by atoms with Crippen molar-refractivity contribution in [3.8, 4) is 0 Å². The zero-order valence-corrected chi connectivity index (χ0v) is 18.7. The highest BCUT2D eigenvalue weighted by Crippen LogP contribution is 2.39. The number of anilines is 1. The number of fused-ring (bicyclic) bond motifs is 3. The van der Waals surface area contributed by atoms with Gasteiger partial charge in [-0.3, -0.25) is 0 Å². The summed E-state index contributed by atoms with van der Waals surface area (Å²) in [5.41, 5.74) is 0.223. The Kier molecular flexibility index (Phi) is 6.11. The maximum atomic E-state index is 14.9. The molecule has 9 heteroatoms. The van der Waals surface area contributed by atoms with E-state index >= 15 is 0 Å². The molecular formula is C19H22BrClFN5S. The van der Waals surface area contributed by atoms with Gasteiger partial charge < -0.3 is 10.2 Å². The van der Waals surface area contributed by atoms with Crippen LogP contribution in [0.4, 0.5) is 10.2 Å². The second kappa shape index (κ2) is 8.42. The largest absolute Gasteiger partial charge is 0.350 e. The first-order valence-corrected chi connectivity index (χ1v) is 11.7. The summed E-state index contributed by atoms with van der Waals surface area (Å²) in [5, 5.41) is 4.70. The minimum absolute atomic E-state index is 0.180. The number of allylic oxidation sites excluding steroid dienone is 1. The Bertz CT molecular complexity index is 914. The third-order valence-corrected chi connectivity index (χ3v) is 6.98. The summed E-state index contributed by atoms with van der Waals surface area (Å²) in [6.07, 6.45) is 6.12. The fraction of sp³-hybridized carbons (Fsp3) is 0.526. The number of hydrogen-bond acceptors (Lipinski definition) is 6. The molecule has 5 nitrogen and oxygen atoms in total. The topological polar surface area (TPSA) is 53.9 Å². The molecule has 2 aliphatic rings. The third kappa shape index (κ3) is 3.64. The average molecular weight is 487 g/mol. The minimum Gasteiger partial charge on any atom is -0.350 e. The summed E-state index contributed by atoms with van der Waals surface area (Å²) < 4.78 is 15.3. The number of thioether (sulfide) groups is 1. The highest BCUT2D eigenvalue weighted by Gasteiger charge is 2.41. The van der Waals surface area contributed by atoms with E-state index in [1.54, 1.807) is 0 Å². The number of nitrogens with one attached hydrogen (secondary N) is 1. The van der Waals surface area contributed by atoms with Crippen molar-refractivity contribution in [2.45, 2.75) is 55.9 Å². The lowest BCUT2D eigenvalue weighted by atomic mass is 9.99. The number of nitrogens with zero attached hydrogens (tertiary/aromatic N) is 4. The van der Waals surface area contributed by atoms with E-state index in [-0.39, 0.29) is 16.7 Å². The van der Waals surface area contributed by atoms with Gasteiger partial charge in [0.2, 0.25) is 0 Å². The predicted octanol–water partition coefficient (Wildman–Crippen LogP) is 4.97. The summed E-state index contributed by atoms with van der Waals surface area (Å²) in [6.45, 7) is 6.74. The number of hydrogen-bond donors (Lipinski definition) is 1. The van der Waals surface area contributed by atoms with Crippen molar-refractivity contribution >= 4 is 56.0 Å². The van der Waals surface area contributed by atoms with E-state index in [0.29, 0.717) is 27.2 Å². The van der Waals surface area contributed by atoms with E-state index in [2.05, 4.69) is 42.7 Å². The molecule has 1 N–H and O–H groups in total. The Balaban J connectivity index is 1.90. The summed E-state index contributed by atoms with van der Waals surface area (Å²) in [6, 6.07) is 1.08. The third-order valence-electron chi connectivity index (χ3n) is 5.43. The van der Waals surface area contributed by atoms with E-state index in [9.17, 15) is 4.39 Å². The summed E-state index contributed by atoms with van der Waals surface area (Å²) in [5.74, 6) is 0.949. The van der Waals surface area contributed by atoms with Crippen LogP contribution >= 0.6 is 39.3 Å². The van der Waals surface area contributed by atoms with Gasteiger partial charge >= 0.3 is 0 Å². The van der Waals surface area contributed by atoms with Gasteiger partial charge in [0, 0.05) is 24.7 Å². The van der Waals surface area contributed by atoms with Crippen LogP contribution in [0.25, 0.3) is 10.9 Å². The Labute approximate surface area is 181 Å². The van der Waals surface area contributed by atoms with Crippen molar-refractivity contribution in [3.63, 3.8) is 0 Å². The number of piperazine rings is 1. The highest BCUT2D eigenvalue weighted by molar-refractivity contribution is 9.10. The molecule has 2 aromatic rings. The van der Waals surface area contributed by atoms with Crippen LogP contribution in [0.15, 0.2) is 22.4 Å². The van der Waals surface area contributed by atoms with E-state index in [4.69, 9.17) is 16.6 Å². The quantitative estimate of drug-likeness (QED) is 0.269. The second-order valence-electron chi connectivity index (χ2n) is 7.13. The Morgan fingerprint density at radius 2 is 2.21 bits per heavy atom. The molecule has 4 rings (SSSR count). The van der Waals surface area contributed by atoms with Gasteiger partial charge in [-0.1, -0.05) is 36.4 Å². The van der Waals surface area contributed by atoms with Crippen LogP contribution in [0, 0.1) is 5.82 Å². The molecule has 2 saturated heterocycles. The Morgan fingerprint density at radius 1 is 1.39 bits per heavy atom. The molecule has 0 unspecified atom stereocenters. The van der Waals surface area contributed by atoms with Gasteiger partial charge in [-0.05, 0) is 47.4 Å². The number of pyridine rings is 1. The van der Waals surface area contributed by atoms with Crippen LogP contribution in [-0.2, 0) is 0 Å². The van der Waals surface area contributed by atoms with Gasteiger partial charge in [-0.2, -0.15) is 0 Å². The molecule has 2 fully saturated rings. The number of halogens is 3. The number of rotatable bonds is 6. The van der Waals surface area contributed by atoms with Gasteiger partial charge in [0.15, 0.2) is 16.1 Å². The fourth-order valence-electron chi connectivity index (χ4n) is 4.24. The monoisotopic (exact) mass is 485 g/mol. The molecule has 2 aliphatic heterocycles. The van der Waals surface area contributed by atoms with Crippen molar-refractivity contribution in [3.05, 3.63) is 28.2 Å². The van der Waals surface area contributed by atoms with E-state index in [0.717, 1.165) is 43.8 Å². The normalized spacial score (nSPS) is 24.1. The van der Waals surface area contributed by atoms with Crippen LogP contribution < -0.4 is 10.2 Å². The molecule has 2 aromatic heterocycles. The lowest BCUT2D eigenvalue weighted by molar-refractivity contribution is 0.361. The van der Waals surface area contributed by atoms with Crippen molar-refractivity contribution in [1.29, 1.82) is 0 Å². The van der Waals surface area contributed by atoms with Crippen molar-refractivity contribution < 1.29 is 4.39 Å². The maximum absolute atomic E-state index is 14.9. The number of aromatic nitrogens is 3. The molecule has 150 valence electrons. The Hall–Kier alpha value is -0.960. The predicted molar refractivity (Wildman–Crippen MR) is 117 cm³/mol. The molecule has 0 radical (unpaired) electrons.